The molecule has 25 heavy (non-hydrogen) atoms. The maximum atomic E-state index is 12.1. The van der Waals surface area contributed by atoms with Crippen LogP contribution in [0.5, 0.6) is 0 Å². The van der Waals surface area contributed by atoms with Gasteiger partial charge in [0.15, 0.2) is 5.57 Å². The lowest BCUT2D eigenvalue weighted by atomic mass is 10.2. The van der Waals surface area contributed by atoms with Gasteiger partial charge in [0.25, 0.3) is 0 Å². The summed E-state index contributed by atoms with van der Waals surface area (Å²) in [6, 6.07) is 22.0. The Kier molecular flexibility index (Phi) is 8.17. The molecule has 0 heterocycles. The maximum Gasteiger partial charge on any atom is 0.350 e. The van der Waals surface area contributed by atoms with Crippen LogP contribution in [-0.2, 0) is 21.0 Å². The molecule has 0 amide bonds. The molecule has 0 fully saturated rings. The van der Waals surface area contributed by atoms with Gasteiger partial charge in [-0.2, -0.15) is 5.26 Å². The first-order valence-corrected chi connectivity index (χ1v) is 9.86. The second-order valence-electron chi connectivity index (χ2n) is 5.04. The van der Waals surface area contributed by atoms with Crippen LogP contribution in [0.25, 0.3) is 0 Å². The lowest BCUT2D eigenvalue weighted by molar-refractivity contribution is -0.138. The van der Waals surface area contributed by atoms with E-state index in [1.807, 2.05) is 66.7 Å². The minimum atomic E-state index is -0.555. The summed E-state index contributed by atoms with van der Waals surface area (Å²) in [7, 11) is 0. The monoisotopic (exact) mass is 369 g/mol. The van der Waals surface area contributed by atoms with Crippen LogP contribution in [0.3, 0.4) is 0 Å². The van der Waals surface area contributed by atoms with Crippen LogP contribution in [0.1, 0.15) is 18.1 Å². The maximum absolute atomic E-state index is 12.1. The molecule has 2 rings (SSSR count). The molecule has 2 aromatic carbocycles. The molecule has 0 aliphatic heterocycles. The summed E-state index contributed by atoms with van der Waals surface area (Å²) in [6.07, 6.45) is 0. The van der Waals surface area contributed by atoms with Gasteiger partial charge in [-0.05, 0) is 18.1 Å². The highest BCUT2D eigenvalue weighted by atomic mass is 32.2. The van der Waals surface area contributed by atoms with E-state index in [1.165, 1.54) is 23.5 Å². The lowest BCUT2D eigenvalue weighted by Crippen LogP contribution is -2.07. The predicted octanol–water partition coefficient (Wildman–Crippen LogP) is 5.15. The molecular weight excluding hydrogens is 350 g/mol. The largest absolute Gasteiger partial charge is 0.462 e. The van der Waals surface area contributed by atoms with Gasteiger partial charge in [0, 0.05) is 11.5 Å². The molecular formula is C20H19NO2S2. The summed E-state index contributed by atoms with van der Waals surface area (Å²) in [5, 5.41) is 9.45. The van der Waals surface area contributed by atoms with Crippen molar-refractivity contribution < 1.29 is 9.53 Å². The molecule has 0 atom stereocenters. The summed E-state index contributed by atoms with van der Waals surface area (Å²) in [5.74, 6) is 0.839. The standard InChI is InChI=1S/C20H19NO2S2/c1-2-23-19(22)18(13-21)20(24-14-16-9-5-3-6-10-16)25-15-17-11-7-4-8-12-17/h3-12H,2,14-15H2,1H3. The first-order chi connectivity index (χ1) is 12.2. The molecule has 5 heteroatoms. The van der Waals surface area contributed by atoms with Crippen molar-refractivity contribution in [3.63, 3.8) is 0 Å². The number of carbonyl (C=O) groups is 1. The molecule has 0 bridgehead atoms. The van der Waals surface area contributed by atoms with Crippen molar-refractivity contribution in [2.75, 3.05) is 6.61 Å². The van der Waals surface area contributed by atoms with Gasteiger partial charge in [-0.25, -0.2) is 4.79 Å². The van der Waals surface area contributed by atoms with E-state index in [2.05, 4.69) is 0 Å². The number of rotatable bonds is 8. The topological polar surface area (TPSA) is 50.1 Å². The minimum absolute atomic E-state index is 0.0868. The van der Waals surface area contributed by atoms with E-state index in [-0.39, 0.29) is 12.2 Å². The third-order valence-electron chi connectivity index (χ3n) is 3.22. The Bertz CT molecular complexity index is 707. The van der Waals surface area contributed by atoms with Crippen LogP contribution in [-0.4, -0.2) is 12.6 Å². The van der Waals surface area contributed by atoms with Gasteiger partial charge in [-0.3, -0.25) is 0 Å². The molecule has 2 aromatic rings. The number of esters is 1. The van der Waals surface area contributed by atoms with E-state index in [4.69, 9.17) is 4.74 Å². The molecule has 0 radical (unpaired) electrons. The molecule has 0 unspecified atom stereocenters. The van der Waals surface area contributed by atoms with Crippen molar-refractivity contribution in [1.82, 2.24) is 0 Å². The minimum Gasteiger partial charge on any atom is -0.462 e. The molecule has 3 nitrogen and oxygen atoms in total. The Labute approximate surface area is 157 Å². The van der Waals surface area contributed by atoms with Gasteiger partial charge < -0.3 is 4.74 Å². The smallest absolute Gasteiger partial charge is 0.350 e. The molecule has 0 saturated heterocycles. The van der Waals surface area contributed by atoms with Crippen molar-refractivity contribution >= 4 is 29.5 Å². The summed E-state index contributed by atoms with van der Waals surface area (Å²) in [4.78, 5) is 12.1. The zero-order valence-electron chi connectivity index (χ0n) is 14.0. The quantitative estimate of drug-likeness (QED) is 0.366. The average molecular weight is 370 g/mol. The molecule has 0 spiro atoms. The van der Waals surface area contributed by atoms with E-state index in [0.29, 0.717) is 15.7 Å². The molecule has 0 aliphatic rings. The van der Waals surface area contributed by atoms with Gasteiger partial charge in [0.1, 0.15) is 6.07 Å². The third kappa shape index (κ3) is 6.33. The first kappa shape index (κ1) is 19.2. The third-order valence-corrected chi connectivity index (χ3v) is 5.82. The van der Waals surface area contributed by atoms with Crippen molar-refractivity contribution in [2.24, 2.45) is 0 Å². The fourth-order valence-corrected chi connectivity index (χ4v) is 4.22. The lowest BCUT2D eigenvalue weighted by Gasteiger charge is -2.10. The SMILES string of the molecule is CCOC(=O)C(C#N)=C(SCc1ccccc1)SCc1ccccc1. The zero-order chi connectivity index (χ0) is 17.9. The Morgan fingerprint density at radius 2 is 1.44 bits per heavy atom. The van der Waals surface area contributed by atoms with E-state index in [1.54, 1.807) is 6.92 Å². The number of nitrogens with zero attached hydrogens (tertiary/aromatic N) is 1. The number of ether oxygens (including phenoxy) is 1. The Hall–Kier alpha value is -2.16. The van der Waals surface area contributed by atoms with Gasteiger partial charge in [-0.1, -0.05) is 60.7 Å². The van der Waals surface area contributed by atoms with Crippen LogP contribution in [0, 0.1) is 11.3 Å². The van der Waals surface area contributed by atoms with Crippen molar-refractivity contribution in [2.45, 2.75) is 18.4 Å². The normalized spacial score (nSPS) is 9.92. The van der Waals surface area contributed by atoms with Gasteiger partial charge >= 0.3 is 5.97 Å². The number of carbonyl (C=O) groups excluding carboxylic acids is 1. The predicted molar refractivity (Wildman–Crippen MR) is 105 cm³/mol. The van der Waals surface area contributed by atoms with E-state index < -0.39 is 5.97 Å². The summed E-state index contributed by atoms with van der Waals surface area (Å²) >= 11 is 3.00. The second-order valence-corrected chi connectivity index (χ2v) is 7.27. The van der Waals surface area contributed by atoms with Crippen LogP contribution < -0.4 is 0 Å². The molecule has 0 aromatic heterocycles. The number of hydrogen-bond donors (Lipinski definition) is 0. The molecule has 128 valence electrons. The molecule has 0 N–H and O–H groups in total. The number of thioether (sulfide) groups is 2. The van der Waals surface area contributed by atoms with E-state index in [9.17, 15) is 10.1 Å². The highest BCUT2D eigenvalue weighted by Crippen LogP contribution is 2.36. The summed E-state index contributed by atoms with van der Waals surface area (Å²) in [6.45, 7) is 1.99. The van der Waals surface area contributed by atoms with E-state index in [0.717, 1.165) is 11.1 Å². The zero-order valence-corrected chi connectivity index (χ0v) is 15.6. The van der Waals surface area contributed by atoms with Crippen LogP contribution in [0.2, 0.25) is 0 Å². The fraction of sp³-hybridized carbons (Fsp3) is 0.200. The van der Waals surface area contributed by atoms with Crippen LogP contribution in [0.4, 0.5) is 0 Å². The first-order valence-electron chi connectivity index (χ1n) is 7.89. The Morgan fingerprint density at radius 1 is 0.960 bits per heavy atom. The average Bonchev–Trinajstić information content (AvgIpc) is 2.66. The number of nitriles is 1. The fourth-order valence-electron chi connectivity index (χ4n) is 2.01. The number of benzene rings is 2. The highest BCUT2D eigenvalue weighted by molar-refractivity contribution is 8.21. The van der Waals surface area contributed by atoms with Gasteiger partial charge in [0.2, 0.25) is 0 Å². The van der Waals surface area contributed by atoms with Gasteiger partial charge in [0.05, 0.1) is 10.8 Å². The van der Waals surface area contributed by atoms with Gasteiger partial charge in [-0.15, -0.1) is 23.5 Å². The summed E-state index contributed by atoms with van der Waals surface area (Å²) in [5.41, 5.74) is 2.38. The highest BCUT2D eigenvalue weighted by Gasteiger charge is 2.18. The second kappa shape index (κ2) is 10.7. The van der Waals surface area contributed by atoms with Crippen molar-refractivity contribution in [3.8, 4) is 6.07 Å². The Balaban J connectivity index is 2.17. The van der Waals surface area contributed by atoms with Crippen molar-refractivity contribution in [3.05, 3.63) is 81.6 Å². The van der Waals surface area contributed by atoms with Crippen LogP contribution in [0.15, 0.2) is 70.5 Å². The van der Waals surface area contributed by atoms with Crippen LogP contribution >= 0.6 is 23.5 Å². The van der Waals surface area contributed by atoms with E-state index >= 15 is 0 Å². The summed E-state index contributed by atoms with van der Waals surface area (Å²) < 4.78 is 5.74. The number of hydrogen-bond acceptors (Lipinski definition) is 5. The Morgan fingerprint density at radius 3 is 1.84 bits per heavy atom. The van der Waals surface area contributed by atoms with Crippen molar-refractivity contribution in [1.29, 1.82) is 5.26 Å². The molecule has 0 saturated carbocycles. The molecule has 0 aliphatic carbocycles.